The van der Waals surface area contributed by atoms with Gasteiger partial charge in [-0.3, -0.25) is 4.79 Å². The zero-order valence-electron chi connectivity index (χ0n) is 18.6. The Morgan fingerprint density at radius 2 is 1.71 bits per heavy atom. The van der Waals surface area contributed by atoms with Crippen molar-refractivity contribution in [3.63, 3.8) is 0 Å². The van der Waals surface area contributed by atoms with Gasteiger partial charge in [0.15, 0.2) is 17.3 Å². The number of fused-ring (bicyclic) bond motifs is 2. The van der Waals surface area contributed by atoms with E-state index in [1.165, 1.54) is 0 Å². The molecule has 0 amide bonds. The molecule has 0 aromatic heterocycles. The summed E-state index contributed by atoms with van der Waals surface area (Å²) in [5, 5.41) is 7.21. The van der Waals surface area contributed by atoms with Gasteiger partial charge in [-0.15, -0.1) is 0 Å². The normalized spacial score (nSPS) is 20.6. The topological polar surface area (TPSA) is 68.8 Å². The van der Waals surface area contributed by atoms with Crippen molar-refractivity contribution in [2.45, 2.75) is 24.8 Å². The predicted molar refractivity (Wildman–Crippen MR) is 134 cm³/mol. The second-order valence-electron chi connectivity index (χ2n) is 8.67. The van der Waals surface area contributed by atoms with E-state index in [0.29, 0.717) is 17.9 Å². The molecule has 34 heavy (non-hydrogen) atoms. The maximum absolute atomic E-state index is 13.7. The molecule has 2 heterocycles. The molecule has 3 aromatic rings. The third-order valence-corrected chi connectivity index (χ3v) is 7.39. The van der Waals surface area contributed by atoms with Crippen molar-refractivity contribution in [1.29, 1.82) is 0 Å². The van der Waals surface area contributed by atoms with Crippen LogP contribution in [0.2, 0.25) is 0 Å². The smallest absolute Gasteiger partial charge is 0.231 e. The summed E-state index contributed by atoms with van der Waals surface area (Å²) < 4.78 is 17.4. The fourth-order valence-corrected chi connectivity index (χ4v) is 5.54. The standard InChI is InChI=1S/C27H23BrN2O4/c1-32-17-8-6-15(7-9-17)16-10-22-26(23(31)11-16)27(30-21-5-3-2-4-20(21)29-22)18-12-24-25(13-19(18)28)34-14-33-24/h2-9,12-13,16,27,29-30H,10-11,14H2,1H3/t16-,27-/m1/s1. The molecule has 2 atom stereocenters. The first-order chi connectivity index (χ1) is 16.6. The summed E-state index contributed by atoms with van der Waals surface area (Å²) in [5.41, 5.74) is 5.68. The molecular weight excluding hydrogens is 496 g/mol. The number of hydrogen-bond donors (Lipinski definition) is 2. The van der Waals surface area contributed by atoms with Gasteiger partial charge in [0.2, 0.25) is 6.79 Å². The van der Waals surface area contributed by atoms with Crippen molar-refractivity contribution in [3.05, 3.63) is 87.5 Å². The number of carbonyl (C=O) groups is 1. The number of hydrogen-bond acceptors (Lipinski definition) is 6. The number of ketones is 1. The van der Waals surface area contributed by atoms with Gasteiger partial charge in [0.25, 0.3) is 0 Å². The monoisotopic (exact) mass is 518 g/mol. The molecule has 0 fully saturated rings. The van der Waals surface area contributed by atoms with E-state index in [-0.39, 0.29) is 24.5 Å². The molecule has 172 valence electrons. The van der Waals surface area contributed by atoms with Gasteiger partial charge in [-0.05, 0) is 59.9 Å². The van der Waals surface area contributed by atoms with E-state index in [0.717, 1.165) is 50.4 Å². The van der Waals surface area contributed by atoms with Crippen LogP contribution in [0.1, 0.15) is 35.9 Å². The SMILES string of the molecule is COc1ccc([C@H]2CC(=O)C3=C(C2)Nc2ccccc2N[C@@H]3c2cc3c(cc2Br)OCO3)cc1. The lowest BCUT2D eigenvalue weighted by Gasteiger charge is -2.30. The summed E-state index contributed by atoms with van der Waals surface area (Å²) >= 11 is 3.71. The molecule has 0 radical (unpaired) electrons. The van der Waals surface area contributed by atoms with E-state index in [1.54, 1.807) is 7.11 Å². The number of anilines is 2. The molecule has 3 aliphatic rings. The van der Waals surface area contributed by atoms with Crippen LogP contribution in [0, 0.1) is 0 Å². The highest BCUT2D eigenvalue weighted by Crippen LogP contribution is 2.47. The molecule has 3 aromatic carbocycles. The van der Waals surface area contributed by atoms with Crippen LogP contribution in [0.15, 0.2) is 76.4 Å². The Morgan fingerprint density at radius 1 is 0.971 bits per heavy atom. The number of para-hydroxylation sites is 2. The van der Waals surface area contributed by atoms with Gasteiger partial charge in [0.1, 0.15) is 5.75 Å². The van der Waals surface area contributed by atoms with Crippen molar-refractivity contribution >= 4 is 33.1 Å². The van der Waals surface area contributed by atoms with Crippen LogP contribution in [-0.4, -0.2) is 19.7 Å². The number of ether oxygens (including phenoxy) is 3. The zero-order valence-corrected chi connectivity index (χ0v) is 20.1. The average molecular weight is 519 g/mol. The molecule has 2 N–H and O–H groups in total. The Kier molecular flexibility index (Phi) is 5.21. The number of allylic oxidation sites excluding steroid dienone is 1. The van der Waals surface area contributed by atoms with E-state index in [4.69, 9.17) is 14.2 Å². The van der Waals surface area contributed by atoms with Crippen LogP contribution in [0.25, 0.3) is 0 Å². The van der Waals surface area contributed by atoms with Gasteiger partial charge >= 0.3 is 0 Å². The first kappa shape index (κ1) is 21.1. The molecule has 0 saturated heterocycles. The second-order valence-corrected chi connectivity index (χ2v) is 9.52. The molecule has 6 rings (SSSR count). The molecular formula is C27H23BrN2O4. The maximum atomic E-state index is 13.7. The number of carbonyl (C=O) groups excluding carboxylic acids is 1. The molecule has 1 aliphatic carbocycles. The van der Waals surface area contributed by atoms with Crippen LogP contribution < -0.4 is 24.8 Å². The molecule has 6 nitrogen and oxygen atoms in total. The van der Waals surface area contributed by atoms with Crippen molar-refractivity contribution < 1.29 is 19.0 Å². The summed E-state index contributed by atoms with van der Waals surface area (Å²) in [5.74, 6) is 2.42. The van der Waals surface area contributed by atoms with Crippen LogP contribution in [0.3, 0.4) is 0 Å². The Hall–Kier alpha value is -3.45. The number of benzene rings is 3. The van der Waals surface area contributed by atoms with Crippen molar-refractivity contribution in [1.82, 2.24) is 0 Å². The van der Waals surface area contributed by atoms with E-state index in [2.05, 4.69) is 38.7 Å². The van der Waals surface area contributed by atoms with Crippen LogP contribution in [-0.2, 0) is 4.79 Å². The number of methoxy groups -OCH3 is 1. The lowest BCUT2D eigenvalue weighted by atomic mass is 9.78. The molecule has 0 spiro atoms. The van der Waals surface area contributed by atoms with E-state index < -0.39 is 0 Å². The Labute approximate surface area is 206 Å². The molecule has 0 bridgehead atoms. The summed E-state index contributed by atoms with van der Waals surface area (Å²) in [6, 6.07) is 19.6. The van der Waals surface area contributed by atoms with Gasteiger partial charge < -0.3 is 24.8 Å². The zero-order chi connectivity index (χ0) is 23.2. The number of nitrogens with one attached hydrogen (secondary N) is 2. The minimum absolute atomic E-state index is 0.0933. The third-order valence-electron chi connectivity index (χ3n) is 6.70. The largest absolute Gasteiger partial charge is 0.497 e. The average Bonchev–Trinajstić information content (AvgIpc) is 3.23. The predicted octanol–water partition coefficient (Wildman–Crippen LogP) is 6.17. The minimum Gasteiger partial charge on any atom is -0.497 e. The maximum Gasteiger partial charge on any atom is 0.231 e. The highest BCUT2D eigenvalue weighted by molar-refractivity contribution is 9.10. The van der Waals surface area contributed by atoms with Crippen molar-refractivity contribution in [2.24, 2.45) is 0 Å². The quantitative estimate of drug-likeness (QED) is 0.432. The fourth-order valence-electron chi connectivity index (χ4n) is 4.99. The Morgan fingerprint density at radius 3 is 2.47 bits per heavy atom. The second kappa shape index (κ2) is 8.40. The summed E-state index contributed by atoms with van der Waals surface area (Å²) in [6.07, 6.45) is 1.19. The first-order valence-electron chi connectivity index (χ1n) is 11.2. The van der Waals surface area contributed by atoms with Crippen molar-refractivity contribution in [3.8, 4) is 17.2 Å². The summed E-state index contributed by atoms with van der Waals surface area (Å²) in [6.45, 7) is 0.199. The highest BCUT2D eigenvalue weighted by atomic mass is 79.9. The highest BCUT2D eigenvalue weighted by Gasteiger charge is 2.37. The molecule has 7 heteroatoms. The Bertz CT molecular complexity index is 1320. The molecule has 2 aliphatic heterocycles. The summed E-state index contributed by atoms with van der Waals surface area (Å²) in [7, 11) is 1.66. The number of Topliss-reactive ketones (excluding diaryl/α,β-unsaturated/α-hetero) is 1. The minimum atomic E-state index is -0.334. The lowest BCUT2D eigenvalue weighted by molar-refractivity contribution is -0.116. The van der Waals surface area contributed by atoms with Gasteiger partial charge in [-0.2, -0.15) is 0 Å². The third kappa shape index (κ3) is 3.60. The van der Waals surface area contributed by atoms with Crippen molar-refractivity contribution in [2.75, 3.05) is 24.5 Å². The number of rotatable bonds is 3. The van der Waals surface area contributed by atoms with Crippen LogP contribution in [0.4, 0.5) is 11.4 Å². The number of halogens is 1. The van der Waals surface area contributed by atoms with Gasteiger partial charge in [-0.25, -0.2) is 0 Å². The van der Waals surface area contributed by atoms with Gasteiger partial charge in [-0.1, -0.05) is 40.2 Å². The fraction of sp³-hybridized carbons (Fsp3) is 0.222. The molecule has 0 saturated carbocycles. The van der Waals surface area contributed by atoms with Gasteiger partial charge in [0, 0.05) is 22.2 Å². The van der Waals surface area contributed by atoms with Gasteiger partial charge in [0.05, 0.1) is 24.5 Å². The van der Waals surface area contributed by atoms with Crippen LogP contribution >= 0.6 is 15.9 Å². The summed E-state index contributed by atoms with van der Waals surface area (Å²) in [4.78, 5) is 13.7. The van der Waals surface area contributed by atoms with E-state index >= 15 is 0 Å². The van der Waals surface area contributed by atoms with Crippen LogP contribution in [0.5, 0.6) is 17.2 Å². The van der Waals surface area contributed by atoms with E-state index in [9.17, 15) is 4.79 Å². The lowest BCUT2D eigenvalue weighted by Crippen LogP contribution is -2.27. The Balaban J connectivity index is 1.45. The van der Waals surface area contributed by atoms with E-state index in [1.807, 2.05) is 48.5 Å². The first-order valence-corrected chi connectivity index (χ1v) is 12.0. The molecule has 0 unspecified atom stereocenters.